The van der Waals surface area contributed by atoms with Gasteiger partial charge in [0.2, 0.25) is 0 Å². The number of halogens is 1. The molecule has 0 aromatic heterocycles. The van der Waals surface area contributed by atoms with Crippen molar-refractivity contribution in [1.29, 1.82) is 0 Å². The molecule has 17 heavy (non-hydrogen) atoms. The Morgan fingerprint density at radius 3 is 2.65 bits per heavy atom. The van der Waals surface area contributed by atoms with Gasteiger partial charge in [-0.1, -0.05) is 12.1 Å². The second-order valence-electron chi connectivity index (χ2n) is 4.75. The first-order chi connectivity index (χ1) is 8.22. The maximum atomic E-state index is 13.3. The Balaban J connectivity index is 2.18. The summed E-state index contributed by atoms with van der Waals surface area (Å²) in [6, 6.07) is 5.29. The highest BCUT2D eigenvalue weighted by Gasteiger charge is 2.25. The Bertz CT molecular complexity index is 374. The summed E-state index contributed by atoms with van der Waals surface area (Å²) in [5, 5.41) is 3.35. The van der Waals surface area contributed by atoms with Crippen LogP contribution in [0.4, 0.5) is 4.39 Å². The minimum absolute atomic E-state index is 0.0939. The van der Waals surface area contributed by atoms with E-state index in [1.54, 1.807) is 14.0 Å². The molecule has 0 saturated carbocycles. The van der Waals surface area contributed by atoms with E-state index in [1.165, 1.54) is 6.07 Å². The van der Waals surface area contributed by atoms with Gasteiger partial charge in [0.25, 0.3) is 0 Å². The average Bonchev–Trinajstić information content (AvgIpc) is 2.36. The van der Waals surface area contributed by atoms with Crippen LogP contribution in [0, 0.1) is 18.7 Å². The zero-order chi connectivity index (χ0) is 12.3. The molecular formula is C14H20FNO. The van der Waals surface area contributed by atoms with Gasteiger partial charge in [-0.15, -0.1) is 0 Å². The molecule has 1 unspecified atom stereocenters. The first kappa shape index (κ1) is 12.5. The van der Waals surface area contributed by atoms with Crippen molar-refractivity contribution in [2.24, 2.45) is 5.92 Å². The van der Waals surface area contributed by atoms with Crippen LogP contribution in [0.2, 0.25) is 0 Å². The van der Waals surface area contributed by atoms with Crippen LogP contribution in [0.25, 0.3) is 0 Å². The van der Waals surface area contributed by atoms with Crippen molar-refractivity contribution in [3.8, 4) is 0 Å². The second-order valence-corrected chi connectivity index (χ2v) is 4.75. The number of aryl methyl sites for hydroxylation is 1. The molecule has 1 aliphatic heterocycles. The third kappa shape index (κ3) is 2.85. The first-order valence-corrected chi connectivity index (χ1v) is 6.22. The van der Waals surface area contributed by atoms with Crippen molar-refractivity contribution in [3.05, 3.63) is 35.1 Å². The molecular weight excluding hydrogens is 217 g/mol. The molecule has 1 aliphatic rings. The normalized spacial score (nSPS) is 19.2. The largest absolute Gasteiger partial charge is 0.376 e. The summed E-state index contributed by atoms with van der Waals surface area (Å²) < 4.78 is 18.9. The first-order valence-electron chi connectivity index (χ1n) is 6.22. The molecule has 2 nitrogen and oxygen atoms in total. The molecule has 2 rings (SSSR count). The maximum absolute atomic E-state index is 13.3. The van der Waals surface area contributed by atoms with Crippen molar-refractivity contribution in [1.82, 2.24) is 5.32 Å². The van der Waals surface area contributed by atoms with E-state index in [0.717, 1.165) is 31.5 Å². The molecule has 1 N–H and O–H groups in total. The van der Waals surface area contributed by atoms with Gasteiger partial charge in [-0.2, -0.15) is 0 Å². The zero-order valence-corrected chi connectivity index (χ0v) is 10.5. The van der Waals surface area contributed by atoms with E-state index in [0.29, 0.717) is 11.5 Å². The van der Waals surface area contributed by atoms with Crippen molar-refractivity contribution in [2.45, 2.75) is 25.9 Å². The SMILES string of the molecule is COC(c1ccc(F)c(C)c1)C1CCNCC1. The Hall–Kier alpha value is -0.930. The van der Waals surface area contributed by atoms with Crippen molar-refractivity contribution in [2.75, 3.05) is 20.2 Å². The maximum Gasteiger partial charge on any atom is 0.126 e. The van der Waals surface area contributed by atoms with Crippen LogP contribution in [0.5, 0.6) is 0 Å². The number of nitrogens with one attached hydrogen (secondary N) is 1. The van der Waals surface area contributed by atoms with Crippen LogP contribution >= 0.6 is 0 Å². The van der Waals surface area contributed by atoms with Crippen LogP contribution < -0.4 is 5.32 Å². The minimum Gasteiger partial charge on any atom is -0.376 e. The van der Waals surface area contributed by atoms with Crippen molar-refractivity contribution < 1.29 is 9.13 Å². The average molecular weight is 237 g/mol. The highest BCUT2D eigenvalue weighted by molar-refractivity contribution is 5.26. The number of hydrogen-bond acceptors (Lipinski definition) is 2. The van der Waals surface area contributed by atoms with E-state index in [9.17, 15) is 4.39 Å². The molecule has 0 radical (unpaired) electrons. The standard InChI is InChI=1S/C14H20FNO/c1-10-9-12(3-4-13(10)15)14(17-2)11-5-7-16-8-6-11/h3-4,9,11,14,16H,5-8H2,1-2H3. The third-order valence-corrected chi connectivity index (χ3v) is 3.58. The molecule has 3 heteroatoms. The third-order valence-electron chi connectivity index (χ3n) is 3.58. The fraction of sp³-hybridized carbons (Fsp3) is 0.571. The summed E-state index contributed by atoms with van der Waals surface area (Å²) in [5.41, 5.74) is 1.79. The summed E-state index contributed by atoms with van der Waals surface area (Å²) in [6.45, 7) is 3.89. The summed E-state index contributed by atoms with van der Waals surface area (Å²) in [5.74, 6) is 0.389. The summed E-state index contributed by atoms with van der Waals surface area (Å²) >= 11 is 0. The van der Waals surface area contributed by atoms with Gasteiger partial charge >= 0.3 is 0 Å². The molecule has 1 aromatic carbocycles. The molecule has 0 aliphatic carbocycles. The van der Waals surface area contributed by atoms with Crippen molar-refractivity contribution >= 4 is 0 Å². The van der Waals surface area contributed by atoms with Gasteiger partial charge in [0.05, 0.1) is 6.10 Å². The lowest BCUT2D eigenvalue weighted by Gasteiger charge is -2.30. The van der Waals surface area contributed by atoms with Gasteiger partial charge in [0, 0.05) is 7.11 Å². The highest BCUT2D eigenvalue weighted by Crippen LogP contribution is 2.32. The fourth-order valence-electron chi connectivity index (χ4n) is 2.59. The Morgan fingerprint density at radius 1 is 1.35 bits per heavy atom. The molecule has 0 spiro atoms. The van der Waals surface area contributed by atoms with Crippen LogP contribution in [0.3, 0.4) is 0 Å². The highest BCUT2D eigenvalue weighted by atomic mass is 19.1. The zero-order valence-electron chi connectivity index (χ0n) is 10.5. The molecule has 1 heterocycles. The molecule has 0 bridgehead atoms. The van der Waals surface area contributed by atoms with Gasteiger partial charge in [-0.25, -0.2) is 4.39 Å². The Labute approximate surface area is 102 Å². The number of ether oxygens (including phenoxy) is 1. The van der Waals surface area contributed by atoms with Crippen LogP contribution in [0.15, 0.2) is 18.2 Å². The van der Waals surface area contributed by atoms with E-state index < -0.39 is 0 Å². The van der Waals surface area contributed by atoms with E-state index in [2.05, 4.69) is 5.32 Å². The number of benzene rings is 1. The lowest BCUT2D eigenvalue weighted by atomic mass is 9.87. The van der Waals surface area contributed by atoms with Crippen LogP contribution in [0.1, 0.15) is 30.1 Å². The summed E-state index contributed by atoms with van der Waals surface area (Å²) in [7, 11) is 1.74. The molecule has 1 fully saturated rings. The van der Waals surface area contributed by atoms with Gasteiger partial charge in [0.15, 0.2) is 0 Å². The monoisotopic (exact) mass is 237 g/mol. The van der Waals surface area contributed by atoms with Gasteiger partial charge < -0.3 is 10.1 Å². The molecule has 0 amide bonds. The number of rotatable bonds is 3. The molecule has 1 aromatic rings. The Kier molecular flexibility index (Phi) is 4.13. The van der Waals surface area contributed by atoms with E-state index in [4.69, 9.17) is 4.74 Å². The van der Waals surface area contributed by atoms with E-state index in [-0.39, 0.29) is 11.9 Å². The summed E-state index contributed by atoms with van der Waals surface area (Å²) in [4.78, 5) is 0. The Morgan fingerprint density at radius 2 is 2.06 bits per heavy atom. The molecule has 94 valence electrons. The number of methoxy groups -OCH3 is 1. The van der Waals surface area contributed by atoms with E-state index in [1.807, 2.05) is 12.1 Å². The van der Waals surface area contributed by atoms with E-state index >= 15 is 0 Å². The topological polar surface area (TPSA) is 21.3 Å². The van der Waals surface area contributed by atoms with Gasteiger partial charge in [-0.3, -0.25) is 0 Å². The predicted molar refractivity (Wildman–Crippen MR) is 66.5 cm³/mol. The van der Waals surface area contributed by atoms with Crippen molar-refractivity contribution in [3.63, 3.8) is 0 Å². The predicted octanol–water partition coefficient (Wildman–Crippen LogP) is 2.82. The smallest absolute Gasteiger partial charge is 0.126 e. The number of hydrogen-bond donors (Lipinski definition) is 1. The molecule has 1 atom stereocenters. The quantitative estimate of drug-likeness (QED) is 0.872. The molecule has 1 saturated heterocycles. The van der Waals surface area contributed by atoms with Gasteiger partial charge in [0.1, 0.15) is 5.82 Å². The lowest BCUT2D eigenvalue weighted by molar-refractivity contribution is 0.0382. The minimum atomic E-state index is -0.145. The summed E-state index contributed by atoms with van der Waals surface area (Å²) in [6.07, 6.45) is 2.33. The lowest BCUT2D eigenvalue weighted by Crippen LogP contribution is -2.31. The van der Waals surface area contributed by atoms with Gasteiger partial charge in [-0.05, 0) is 56.0 Å². The van der Waals surface area contributed by atoms with Crippen LogP contribution in [-0.4, -0.2) is 20.2 Å². The fourth-order valence-corrected chi connectivity index (χ4v) is 2.59. The van der Waals surface area contributed by atoms with Crippen LogP contribution in [-0.2, 0) is 4.74 Å². The number of piperidine rings is 1. The second kappa shape index (κ2) is 5.61.